The second-order valence-electron chi connectivity index (χ2n) is 8.53. The minimum Gasteiger partial charge on any atom is -0.374 e. The van der Waals surface area contributed by atoms with E-state index in [1.54, 1.807) is 23.1 Å². The van der Waals surface area contributed by atoms with Gasteiger partial charge in [-0.15, -0.1) is 0 Å². The van der Waals surface area contributed by atoms with Crippen LogP contribution in [-0.4, -0.2) is 33.8 Å². The molecule has 1 fully saturated rings. The number of rotatable bonds is 5. The summed E-state index contributed by atoms with van der Waals surface area (Å²) in [6.45, 7) is 4.47. The van der Waals surface area contributed by atoms with Crippen molar-refractivity contribution in [3.05, 3.63) is 70.8 Å². The number of fused-ring (bicyclic) bond motifs is 1. The first-order valence-corrected chi connectivity index (χ1v) is 10.6. The molecular formula is C24H27N3O4. The number of imide groups is 1. The van der Waals surface area contributed by atoms with E-state index in [1.165, 1.54) is 0 Å². The van der Waals surface area contributed by atoms with Gasteiger partial charge >= 0.3 is 0 Å². The molecule has 2 aliphatic rings. The van der Waals surface area contributed by atoms with E-state index in [0.29, 0.717) is 24.1 Å². The zero-order chi connectivity index (χ0) is 22.1. The van der Waals surface area contributed by atoms with Crippen LogP contribution in [0.25, 0.3) is 0 Å². The van der Waals surface area contributed by atoms with Crippen molar-refractivity contribution < 1.29 is 19.5 Å². The van der Waals surface area contributed by atoms with Crippen molar-refractivity contribution in [3.63, 3.8) is 0 Å². The van der Waals surface area contributed by atoms with Gasteiger partial charge in [0.1, 0.15) is 6.23 Å². The normalized spacial score (nSPS) is 22.2. The summed E-state index contributed by atoms with van der Waals surface area (Å²) in [6.07, 6.45) is -0.320. The second-order valence-corrected chi connectivity index (χ2v) is 8.53. The average Bonchev–Trinajstić information content (AvgIpc) is 3.08. The fraction of sp³-hybridized carbons (Fsp3) is 0.375. The van der Waals surface area contributed by atoms with Crippen LogP contribution in [0.4, 0.5) is 0 Å². The Hall–Kier alpha value is -3.03. The van der Waals surface area contributed by atoms with Gasteiger partial charge in [-0.1, -0.05) is 50.2 Å². The molecule has 7 heteroatoms. The largest absolute Gasteiger partial charge is 0.374 e. The number of carbonyl (C=O) groups excluding carboxylic acids is 3. The first kappa shape index (κ1) is 21.2. The van der Waals surface area contributed by atoms with E-state index in [2.05, 4.69) is 24.5 Å². The first-order valence-electron chi connectivity index (χ1n) is 10.6. The zero-order valence-electron chi connectivity index (χ0n) is 17.7. The molecule has 0 saturated carbocycles. The van der Waals surface area contributed by atoms with Crippen LogP contribution in [0.1, 0.15) is 66.0 Å². The summed E-state index contributed by atoms with van der Waals surface area (Å²) in [5.41, 5.74) is 3.06. The predicted molar refractivity (Wildman–Crippen MR) is 115 cm³/mol. The Balaban J connectivity index is 1.51. The third-order valence-electron chi connectivity index (χ3n) is 6.07. The highest BCUT2D eigenvalue weighted by Gasteiger charge is 2.39. The summed E-state index contributed by atoms with van der Waals surface area (Å²) >= 11 is 0. The fourth-order valence-electron chi connectivity index (χ4n) is 4.40. The van der Waals surface area contributed by atoms with Gasteiger partial charge < -0.3 is 10.4 Å². The molecule has 31 heavy (non-hydrogen) atoms. The highest BCUT2D eigenvalue weighted by Crippen LogP contribution is 2.35. The summed E-state index contributed by atoms with van der Waals surface area (Å²) in [7, 11) is 0. The Kier molecular flexibility index (Phi) is 5.89. The highest BCUT2D eigenvalue weighted by molar-refractivity contribution is 6.00. The number of aliphatic hydroxyl groups is 1. The zero-order valence-corrected chi connectivity index (χ0v) is 17.7. The molecule has 3 amide bonds. The van der Waals surface area contributed by atoms with Gasteiger partial charge in [0, 0.05) is 18.5 Å². The van der Waals surface area contributed by atoms with Crippen molar-refractivity contribution in [2.75, 3.05) is 0 Å². The molecule has 3 atom stereocenters. The number of amides is 3. The summed E-state index contributed by atoms with van der Waals surface area (Å²) in [5.74, 6) is -0.641. The van der Waals surface area contributed by atoms with Crippen LogP contribution in [0, 0.1) is 5.92 Å². The molecule has 3 N–H and O–H groups in total. The molecule has 2 heterocycles. The van der Waals surface area contributed by atoms with Crippen LogP contribution in [0.3, 0.4) is 0 Å². The van der Waals surface area contributed by atoms with Crippen LogP contribution >= 0.6 is 0 Å². The van der Waals surface area contributed by atoms with E-state index in [1.807, 2.05) is 30.3 Å². The van der Waals surface area contributed by atoms with Crippen LogP contribution in [-0.2, 0) is 16.1 Å². The van der Waals surface area contributed by atoms with E-state index in [-0.39, 0.29) is 36.1 Å². The third-order valence-corrected chi connectivity index (χ3v) is 6.07. The number of benzene rings is 2. The maximum atomic E-state index is 13.0. The number of aliphatic hydroxyl groups excluding tert-OH is 1. The van der Waals surface area contributed by atoms with Gasteiger partial charge in [-0.3, -0.25) is 24.6 Å². The van der Waals surface area contributed by atoms with Gasteiger partial charge in [0.2, 0.25) is 11.8 Å². The predicted octanol–water partition coefficient (Wildman–Crippen LogP) is 2.43. The molecule has 7 nitrogen and oxygen atoms in total. The van der Waals surface area contributed by atoms with Crippen LogP contribution in [0.5, 0.6) is 0 Å². The lowest BCUT2D eigenvalue weighted by atomic mass is 9.95. The topological polar surface area (TPSA) is 98.7 Å². The minimum atomic E-state index is -0.941. The van der Waals surface area contributed by atoms with Crippen LogP contribution in [0.2, 0.25) is 0 Å². The number of piperidine rings is 1. The molecular weight excluding hydrogens is 394 g/mol. The average molecular weight is 421 g/mol. The summed E-state index contributed by atoms with van der Waals surface area (Å²) in [6, 6.07) is 14.4. The number of carbonyl (C=O) groups is 3. The standard InChI is InChI=1S/C24H27N3O4/c1-14(2)21(15-6-4-3-5-7-15)26-22(29)16-8-9-18-17(12-16)13-27(24(18)31)19-10-11-20(28)25-23(19)30/h3-9,12,14,19,21,24,31H,10-11,13H2,1-2H3,(H,26,29)(H,25,28,30)/t19?,21-,24?/m1/s1. The highest BCUT2D eigenvalue weighted by atomic mass is 16.3. The van der Waals surface area contributed by atoms with Crippen molar-refractivity contribution in [2.45, 2.75) is 51.5 Å². The summed E-state index contributed by atoms with van der Waals surface area (Å²) < 4.78 is 0. The van der Waals surface area contributed by atoms with Crippen molar-refractivity contribution in [3.8, 4) is 0 Å². The Labute approximate surface area is 181 Å². The number of hydrogen-bond donors (Lipinski definition) is 3. The Bertz CT molecular complexity index is 1010. The molecule has 2 aliphatic heterocycles. The quantitative estimate of drug-likeness (QED) is 0.644. The van der Waals surface area contributed by atoms with E-state index in [4.69, 9.17) is 0 Å². The second kappa shape index (κ2) is 8.61. The number of hydrogen-bond acceptors (Lipinski definition) is 5. The van der Waals surface area contributed by atoms with Crippen molar-refractivity contribution in [1.82, 2.24) is 15.5 Å². The van der Waals surface area contributed by atoms with E-state index >= 15 is 0 Å². The molecule has 0 aromatic heterocycles. The van der Waals surface area contributed by atoms with Crippen molar-refractivity contribution >= 4 is 17.7 Å². The number of nitrogens with zero attached hydrogens (tertiary/aromatic N) is 1. The van der Waals surface area contributed by atoms with Gasteiger partial charge in [0.15, 0.2) is 0 Å². The van der Waals surface area contributed by atoms with Crippen LogP contribution in [0.15, 0.2) is 48.5 Å². The monoisotopic (exact) mass is 421 g/mol. The fourth-order valence-corrected chi connectivity index (χ4v) is 4.40. The Morgan fingerprint density at radius 1 is 1.16 bits per heavy atom. The van der Waals surface area contributed by atoms with E-state index in [9.17, 15) is 19.5 Å². The molecule has 4 rings (SSSR count). The lowest BCUT2D eigenvalue weighted by Gasteiger charge is -2.31. The van der Waals surface area contributed by atoms with Gasteiger partial charge in [-0.25, -0.2) is 0 Å². The molecule has 0 bridgehead atoms. The maximum Gasteiger partial charge on any atom is 0.251 e. The molecule has 0 aliphatic carbocycles. The SMILES string of the molecule is CC(C)[C@@H](NC(=O)c1ccc2c(c1)CN(C1CCC(=O)NC1=O)C2O)c1ccccc1. The summed E-state index contributed by atoms with van der Waals surface area (Å²) in [4.78, 5) is 38.3. The van der Waals surface area contributed by atoms with E-state index in [0.717, 1.165) is 11.1 Å². The molecule has 2 unspecified atom stereocenters. The smallest absolute Gasteiger partial charge is 0.251 e. The Morgan fingerprint density at radius 2 is 1.90 bits per heavy atom. The van der Waals surface area contributed by atoms with Crippen molar-refractivity contribution in [1.29, 1.82) is 0 Å². The molecule has 0 spiro atoms. The molecule has 162 valence electrons. The maximum absolute atomic E-state index is 13.0. The number of nitrogens with one attached hydrogen (secondary N) is 2. The van der Waals surface area contributed by atoms with Crippen LogP contribution < -0.4 is 10.6 Å². The lowest BCUT2D eigenvalue weighted by molar-refractivity contribution is -0.141. The van der Waals surface area contributed by atoms with E-state index < -0.39 is 12.3 Å². The lowest BCUT2D eigenvalue weighted by Crippen LogP contribution is -2.51. The Morgan fingerprint density at radius 3 is 2.58 bits per heavy atom. The molecule has 2 aromatic rings. The molecule has 0 radical (unpaired) electrons. The third kappa shape index (κ3) is 4.24. The van der Waals surface area contributed by atoms with Gasteiger partial charge in [-0.2, -0.15) is 0 Å². The van der Waals surface area contributed by atoms with Gasteiger partial charge in [0.05, 0.1) is 12.1 Å². The van der Waals surface area contributed by atoms with Crippen molar-refractivity contribution in [2.24, 2.45) is 5.92 Å². The molecule has 2 aromatic carbocycles. The van der Waals surface area contributed by atoms with Gasteiger partial charge in [0.25, 0.3) is 5.91 Å². The molecule has 1 saturated heterocycles. The minimum absolute atomic E-state index is 0.118. The summed E-state index contributed by atoms with van der Waals surface area (Å²) in [5, 5.41) is 16.2. The first-order chi connectivity index (χ1) is 14.8. The van der Waals surface area contributed by atoms with Gasteiger partial charge in [-0.05, 0) is 41.2 Å².